The fourth-order valence-corrected chi connectivity index (χ4v) is 4.64. The van der Waals surface area contributed by atoms with Gasteiger partial charge in [0.1, 0.15) is 5.82 Å². The summed E-state index contributed by atoms with van der Waals surface area (Å²) in [6.07, 6.45) is 2.88. The van der Waals surface area contributed by atoms with E-state index in [4.69, 9.17) is 11.6 Å². The van der Waals surface area contributed by atoms with Crippen LogP contribution in [0.1, 0.15) is 24.8 Å². The first-order valence-electron chi connectivity index (χ1n) is 6.07. The summed E-state index contributed by atoms with van der Waals surface area (Å²) in [5, 5.41) is 9.81. The van der Waals surface area contributed by atoms with Crippen molar-refractivity contribution < 1.29 is 17.9 Å². The molecule has 106 valence electrons. The lowest BCUT2D eigenvalue weighted by Crippen LogP contribution is -2.44. The highest BCUT2D eigenvalue weighted by atomic mass is 35.5. The van der Waals surface area contributed by atoms with Crippen LogP contribution >= 0.6 is 11.6 Å². The molecule has 0 aliphatic heterocycles. The van der Waals surface area contributed by atoms with Crippen molar-refractivity contribution in [2.45, 2.75) is 36.5 Å². The van der Waals surface area contributed by atoms with Gasteiger partial charge in [-0.1, -0.05) is 17.7 Å². The van der Waals surface area contributed by atoms with E-state index in [-0.39, 0.29) is 11.4 Å². The van der Waals surface area contributed by atoms with Crippen molar-refractivity contribution in [2.24, 2.45) is 0 Å². The Kier molecular flexibility index (Phi) is 3.91. The molecule has 2 atom stereocenters. The van der Waals surface area contributed by atoms with E-state index in [9.17, 15) is 17.9 Å². The largest absolute Gasteiger partial charge is 0.388 e. The van der Waals surface area contributed by atoms with Crippen molar-refractivity contribution in [1.29, 1.82) is 0 Å². The minimum Gasteiger partial charge on any atom is -0.388 e. The highest BCUT2D eigenvalue weighted by Crippen LogP contribution is 2.37. The molecule has 2 unspecified atom stereocenters. The van der Waals surface area contributed by atoms with Gasteiger partial charge in [0, 0.05) is 12.7 Å². The summed E-state index contributed by atoms with van der Waals surface area (Å²) in [6, 6.07) is 4.19. The fraction of sp³-hybridized carbons (Fsp3) is 0.538. The van der Waals surface area contributed by atoms with Gasteiger partial charge in [0.15, 0.2) is 9.84 Å². The van der Waals surface area contributed by atoms with Crippen LogP contribution in [0.3, 0.4) is 0 Å². The fourth-order valence-electron chi connectivity index (χ4n) is 2.84. The molecule has 0 spiro atoms. The lowest BCUT2D eigenvalue weighted by atomic mass is 9.92. The van der Waals surface area contributed by atoms with Crippen LogP contribution in [0.15, 0.2) is 18.2 Å². The van der Waals surface area contributed by atoms with Crippen LogP contribution < -0.4 is 0 Å². The Morgan fingerprint density at radius 1 is 1.53 bits per heavy atom. The van der Waals surface area contributed by atoms with Gasteiger partial charge in [0.2, 0.25) is 0 Å². The lowest BCUT2D eigenvalue weighted by Gasteiger charge is -2.29. The molecule has 0 amide bonds. The molecule has 1 saturated carbocycles. The van der Waals surface area contributed by atoms with E-state index in [0.29, 0.717) is 24.8 Å². The molecular formula is C13H16ClFO3S. The Morgan fingerprint density at radius 2 is 2.21 bits per heavy atom. The van der Waals surface area contributed by atoms with Gasteiger partial charge < -0.3 is 5.11 Å². The van der Waals surface area contributed by atoms with E-state index in [1.165, 1.54) is 18.2 Å². The summed E-state index contributed by atoms with van der Waals surface area (Å²) in [5.41, 5.74) is -0.640. The van der Waals surface area contributed by atoms with Crippen LogP contribution in [0.5, 0.6) is 0 Å². The number of aliphatic hydroxyl groups is 1. The van der Waals surface area contributed by atoms with Crippen LogP contribution in [0.2, 0.25) is 5.02 Å². The predicted molar refractivity (Wildman–Crippen MR) is 72.5 cm³/mol. The minimum absolute atomic E-state index is 0.0185. The standard InChI is InChI=1S/C13H16ClFO3S/c1-19(17,18)12-3-2-6-13(12,16)8-9-4-5-11(15)10(14)7-9/h4-5,7,12,16H,2-3,6,8H2,1H3. The zero-order chi connectivity index (χ0) is 14.3. The molecule has 6 heteroatoms. The second-order valence-electron chi connectivity index (χ2n) is 5.24. The average Bonchev–Trinajstić information content (AvgIpc) is 2.65. The van der Waals surface area contributed by atoms with Gasteiger partial charge in [-0.05, 0) is 37.0 Å². The summed E-state index contributed by atoms with van der Waals surface area (Å²) in [4.78, 5) is 0. The monoisotopic (exact) mass is 306 g/mol. The number of rotatable bonds is 3. The minimum atomic E-state index is -3.31. The summed E-state index contributed by atoms with van der Waals surface area (Å²) < 4.78 is 36.5. The third-order valence-electron chi connectivity index (χ3n) is 3.69. The zero-order valence-corrected chi connectivity index (χ0v) is 12.1. The number of sulfone groups is 1. The molecule has 0 heterocycles. The number of benzene rings is 1. The number of hydrogen-bond acceptors (Lipinski definition) is 3. The molecule has 1 fully saturated rings. The molecule has 0 aromatic heterocycles. The first kappa shape index (κ1) is 14.8. The normalized spacial score (nSPS) is 27.7. The van der Waals surface area contributed by atoms with E-state index in [2.05, 4.69) is 0 Å². The van der Waals surface area contributed by atoms with E-state index >= 15 is 0 Å². The van der Waals surface area contributed by atoms with Crippen molar-refractivity contribution >= 4 is 21.4 Å². The van der Waals surface area contributed by atoms with Gasteiger partial charge in [-0.25, -0.2) is 12.8 Å². The molecule has 2 rings (SSSR count). The molecule has 1 aliphatic carbocycles. The molecule has 1 N–H and O–H groups in total. The third kappa shape index (κ3) is 3.09. The Hall–Kier alpha value is -0.650. The highest BCUT2D eigenvalue weighted by Gasteiger charge is 2.46. The molecule has 0 radical (unpaired) electrons. The van der Waals surface area contributed by atoms with Crippen molar-refractivity contribution in [1.82, 2.24) is 0 Å². The molecule has 1 aliphatic rings. The SMILES string of the molecule is CS(=O)(=O)C1CCCC1(O)Cc1ccc(F)c(Cl)c1. The third-order valence-corrected chi connectivity index (χ3v) is 5.68. The van der Waals surface area contributed by atoms with Crippen LogP contribution in [-0.2, 0) is 16.3 Å². The summed E-state index contributed by atoms with van der Waals surface area (Å²) >= 11 is 5.70. The Morgan fingerprint density at radius 3 is 2.79 bits per heavy atom. The number of halogens is 2. The Balaban J connectivity index is 2.28. The maximum absolute atomic E-state index is 13.1. The van der Waals surface area contributed by atoms with E-state index in [1.807, 2.05) is 0 Å². The molecule has 0 bridgehead atoms. The van der Waals surface area contributed by atoms with Crippen LogP contribution in [0.4, 0.5) is 4.39 Å². The van der Waals surface area contributed by atoms with Crippen LogP contribution in [0.25, 0.3) is 0 Å². The molecule has 3 nitrogen and oxygen atoms in total. The molecule has 19 heavy (non-hydrogen) atoms. The van der Waals surface area contributed by atoms with Crippen molar-refractivity contribution in [3.05, 3.63) is 34.6 Å². The van der Waals surface area contributed by atoms with Crippen LogP contribution in [-0.4, -0.2) is 30.6 Å². The molecule has 0 saturated heterocycles. The van der Waals surface area contributed by atoms with Gasteiger partial charge in [-0.2, -0.15) is 0 Å². The molecule has 1 aromatic carbocycles. The van der Waals surface area contributed by atoms with E-state index < -0.39 is 26.5 Å². The second-order valence-corrected chi connectivity index (χ2v) is 7.87. The quantitative estimate of drug-likeness (QED) is 0.932. The Bertz CT molecular complexity index is 588. The molecular weight excluding hydrogens is 291 g/mol. The van der Waals surface area contributed by atoms with Crippen molar-refractivity contribution in [3.8, 4) is 0 Å². The van der Waals surface area contributed by atoms with E-state index in [1.54, 1.807) is 0 Å². The zero-order valence-electron chi connectivity index (χ0n) is 10.6. The summed E-state index contributed by atoms with van der Waals surface area (Å²) in [6.45, 7) is 0. The first-order chi connectivity index (χ1) is 8.72. The summed E-state index contributed by atoms with van der Waals surface area (Å²) in [7, 11) is -3.31. The highest BCUT2D eigenvalue weighted by molar-refractivity contribution is 7.91. The van der Waals surface area contributed by atoms with Crippen LogP contribution in [0, 0.1) is 5.82 Å². The van der Waals surface area contributed by atoms with Gasteiger partial charge in [-0.15, -0.1) is 0 Å². The predicted octanol–water partition coefficient (Wildman–Crippen LogP) is 2.35. The first-order valence-corrected chi connectivity index (χ1v) is 8.41. The maximum Gasteiger partial charge on any atom is 0.153 e. The summed E-state index contributed by atoms with van der Waals surface area (Å²) in [5.74, 6) is -0.525. The molecule has 1 aromatic rings. The Labute approximate surface area is 117 Å². The van der Waals surface area contributed by atoms with Crippen molar-refractivity contribution in [3.63, 3.8) is 0 Å². The lowest BCUT2D eigenvalue weighted by molar-refractivity contribution is 0.0512. The number of hydrogen-bond donors (Lipinski definition) is 1. The second kappa shape index (κ2) is 5.04. The van der Waals surface area contributed by atoms with Gasteiger partial charge in [0.25, 0.3) is 0 Å². The van der Waals surface area contributed by atoms with Crippen molar-refractivity contribution in [2.75, 3.05) is 6.26 Å². The van der Waals surface area contributed by atoms with Gasteiger partial charge in [-0.3, -0.25) is 0 Å². The topological polar surface area (TPSA) is 54.4 Å². The van der Waals surface area contributed by atoms with Gasteiger partial charge in [0.05, 0.1) is 15.9 Å². The smallest absolute Gasteiger partial charge is 0.153 e. The van der Waals surface area contributed by atoms with E-state index in [0.717, 1.165) is 6.26 Å². The maximum atomic E-state index is 13.1. The van der Waals surface area contributed by atoms with Gasteiger partial charge >= 0.3 is 0 Å². The average molecular weight is 307 g/mol.